The average Bonchev–Trinajstić information content (AvgIpc) is 2.98. The summed E-state index contributed by atoms with van der Waals surface area (Å²) < 4.78 is 12.0. The molecule has 0 unspecified atom stereocenters. The maximum Gasteiger partial charge on any atom is 0.355 e. The van der Waals surface area contributed by atoms with Crippen molar-refractivity contribution >= 4 is 33.2 Å². The Hall–Kier alpha value is -1.60. The zero-order chi connectivity index (χ0) is 16.1. The molecule has 2 aromatic rings. The van der Waals surface area contributed by atoms with E-state index >= 15 is 0 Å². The van der Waals surface area contributed by atoms with Crippen LogP contribution in [-0.2, 0) is 0 Å². The first-order chi connectivity index (χ1) is 10.6. The Morgan fingerprint density at radius 1 is 1.45 bits per heavy atom. The van der Waals surface area contributed by atoms with Crippen LogP contribution < -0.4 is 9.47 Å². The van der Waals surface area contributed by atoms with E-state index < -0.39 is 5.97 Å². The van der Waals surface area contributed by atoms with E-state index in [0.717, 1.165) is 22.9 Å². The number of aromatic nitrogens is 1. The van der Waals surface area contributed by atoms with Crippen LogP contribution in [0.4, 0.5) is 0 Å². The number of hydrogen-bond acceptors (Lipinski definition) is 5. The van der Waals surface area contributed by atoms with E-state index in [-0.39, 0.29) is 5.69 Å². The van der Waals surface area contributed by atoms with Crippen molar-refractivity contribution in [2.75, 3.05) is 13.7 Å². The van der Waals surface area contributed by atoms with E-state index in [2.05, 4.69) is 27.8 Å². The molecule has 0 radical (unpaired) electrons. The SMILES string of the molecule is CCCCOc1c(OC)cc(Br)cc1-c1nc(C(=O)O)cs1. The highest BCUT2D eigenvalue weighted by molar-refractivity contribution is 9.10. The van der Waals surface area contributed by atoms with Crippen molar-refractivity contribution < 1.29 is 19.4 Å². The van der Waals surface area contributed by atoms with Crippen molar-refractivity contribution in [1.82, 2.24) is 4.98 Å². The molecule has 1 aromatic carbocycles. The van der Waals surface area contributed by atoms with Gasteiger partial charge in [-0.05, 0) is 18.6 Å². The molecule has 0 saturated carbocycles. The molecular weight excluding hydrogens is 370 g/mol. The molecule has 1 heterocycles. The highest BCUT2D eigenvalue weighted by atomic mass is 79.9. The highest BCUT2D eigenvalue weighted by Gasteiger charge is 2.18. The standard InChI is InChI=1S/C15H16BrNO4S/c1-3-4-5-21-13-10(6-9(16)7-12(13)20-2)14-17-11(8-22-14)15(18)19/h6-8H,3-5H2,1-2H3,(H,18,19). The van der Waals surface area contributed by atoms with Crippen molar-refractivity contribution in [3.63, 3.8) is 0 Å². The van der Waals surface area contributed by atoms with Gasteiger partial charge in [0.15, 0.2) is 17.2 Å². The fourth-order valence-corrected chi connectivity index (χ4v) is 3.09. The molecule has 0 spiro atoms. The molecule has 0 aliphatic rings. The van der Waals surface area contributed by atoms with Crippen LogP contribution >= 0.6 is 27.3 Å². The summed E-state index contributed by atoms with van der Waals surface area (Å²) in [5.41, 5.74) is 0.748. The summed E-state index contributed by atoms with van der Waals surface area (Å²) in [6.07, 6.45) is 1.95. The number of thiazole rings is 1. The summed E-state index contributed by atoms with van der Waals surface area (Å²) in [4.78, 5) is 15.2. The number of halogens is 1. The van der Waals surface area contributed by atoms with Crippen molar-refractivity contribution in [2.24, 2.45) is 0 Å². The molecule has 0 amide bonds. The summed E-state index contributed by atoms with van der Waals surface area (Å²) in [6, 6.07) is 3.67. The Morgan fingerprint density at radius 2 is 2.23 bits per heavy atom. The zero-order valence-electron chi connectivity index (χ0n) is 12.3. The van der Waals surface area contributed by atoms with Gasteiger partial charge in [0.05, 0.1) is 19.3 Å². The van der Waals surface area contributed by atoms with Gasteiger partial charge in [-0.1, -0.05) is 29.3 Å². The van der Waals surface area contributed by atoms with E-state index in [4.69, 9.17) is 14.6 Å². The van der Waals surface area contributed by atoms with Crippen LogP contribution in [0.25, 0.3) is 10.6 Å². The minimum atomic E-state index is -1.04. The van der Waals surface area contributed by atoms with Crippen molar-refractivity contribution in [3.05, 3.63) is 27.7 Å². The van der Waals surface area contributed by atoms with Gasteiger partial charge in [-0.2, -0.15) is 0 Å². The number of methoxy groups -OCH3 is 1. The Bertz CT molecular complexity index is 672. The molecule has 118 valence electrons. The minimum absolute atomic E-state index is 0.0263. The molecular formula is C15H16BrNO4S. The molecule has 1 N–H and O–H groups in total. The molecule has 2 rings (SSSR count). The number of hydrogen-bond donors (Lipinski definition) is 1. The lowest BCUT2D eigenvalue weighted by Crippen LogP contribution is -2.01. The van der Waals surface area contributed by atoms with Gasteiger partial charge in [0.1, 0.15) is 5.01 Å². The second-order valence-corrected chi connectivity index (χ2v) is 6.30. The number of rotatable bonds is 7. The molecule has 0 aliphatic heterocycles. The number of benzene rings is 1. The summed E-state index contributed by atoms with van der Waals surface area (Å²) in [5, 5.41) is 11.1. The molecule has 7 heteroatoms. The second-order valence-electron chi connectivity index (χ2n) is 4.53. The van der Waals surface area contributed by atoms with E-state index in [9.17, 15) is 4.79 Å². The fourth-order valence-electron chi connectivity index (χ4n) is 1.84. The minimum Gasteiger partial charge on any atom is -0.493 e. The summed E-state index contributed by atoms with van der Waals surface area (Å²) in [6.45, 7) is 2.65. The highest BCUT2D eigenvalue weighted by Crippen LogP contribution is 2.42. The Balaban J connectivity index is 2.46. The first kappa shape index (κ1) is 16.8. The fraction of sp³-hybridized carbons (Fsp3) is 0.333. The lowest BCUT2D eigenvalue weighted by molar-refractivity contribution is 0.0691. The molecule has 0 aliphatic carbocycles. The Kier molecular flexibility index (Phi) is 5.79. The predicted molar refractivity (Wildman–Crippen MR) is 89.2 cm³/mol. The van der Waals surface area contributed by atoms with E-state index in [1.54, 1.807) is 7.11 Å². The quantitative estimate of drug-likeness (QED) is 0.712. The number of ether oxygens (including phenoxy) is 2. The van der Waals surface area contributed by atoms with Crippen molar-refractivity contribution in [2.45, 2.75) is 19.8 Å². The second kappa shape index (κ2) is 7.60. The van der Waals surface area contributed by atoms with Crippen LogP contribution in [0.1, 0.15) is 30.3 Å². The molecule has 5 nitrogen and oxygen atoms in total. The largest absolute Gasteiger partial charge is 0.493 e. The van der Waals surface area contributed by atoms with E-state index in [0.29, 0.717) is 23.1 Å². The first-order valence-electron chi connectivity index (χ1n) is 6.76. The summed E-state index contributed by atoms with van der Waals surface area (Å²) in [7, 11) is 1.57. The van der Waals surface area contributed by atoms with Crippen LogP contribution in [0.5, 0.6) is 11.5 Å². The van der Waals surface area contributed by atoms with Crippen LogP contribution in [0.3, 0.4) is 0 Å². The van der Waals surface area contributed by atoms with Gasteiger partial charge in [0.25, 0.3) is 0 Å². The zero-order valence-corrected chi connectivity index (χ0v) is 14.7. The topological polar surface area (TPSA) is 68.7 Å². The normalized spacial score (nSPS) is 10.5. The van der Waals surface area contributed by atoms with Gasteiger partial charge < -0.3 is 14.6 Å². The number of carboxylic acids is 1. The van der Waals surface area contributed by atoms with Crippen LogP contribution in [0.15, 0.2) is 22.0 Å². The Morgan fingerprint density at radius 3 is 2.82 bits per heavy atom. The van der Waals surface area contributed by atoms with Crippen LogP contribution in [0, 0.1) is 0 Å². The molecule has 22 heavy (non-hydrogen) atoms. The molecule has 1 aromatic heterocycles. The summed E-state index contributed by atoms with van der Waals surface area (Å²) in [5.74, 6) is 0.135. The number of aromatic carboxylic acids is 1. The lowest BCUT2D eigenvalue weighted by atomic mass is 10.2. The van der Waals surface area contributed by atoms with Crippen LogP contribution in [0.2, 0.25) is 0 Å². The third kappa shape index (κ3) is 3.78. The third-order valence-electron chi connectivity index (χ3n) is 2.94. The van der Waals surface area contributed by atoms with E-state index in [1.807, 2.05) is 12.1 Å². The first-order valence-corrected chi connectivity index (χ1v) is 8.43. The van der Waals surface area contributed by atoms with Gasteiger partial charge in [0.2, 0.25) is 0 Å². The van der Waals surface area contributed by atoms with Gasteiger partial charge in [-0.25, -0.2) is 9.78 Å². The maximum absolute atomic E-state index is 11.0. The number of carbonyl (C=O) groups is 1. The van der Waals surface area contributed by atoms with Gasteiger partial charge >= 0.3 is 5.97 Å². The predicted octanol–water partition coefficient (Wildman–Crippen LogP) is 4.46. The van der Waals surface area contributed by atoms with Gasteiger partial charge in [-0.3, -0.25) is 0 Å². The smallest absolute Gasteiger partial charge is 0.355 e. The molecule has 0 atom stereocenters. The lowest BCUT2D eigenvalue weighted by Gasteiger charge is -2.14. The average molecular weight is 386 g/mol. The Labute approximate surface area is 141 Å². The van der Waals surface area contributed by atoms with Crippen molar-refractivity contribution in [3.8, 4) is 22.1 Å². The van der Waals surface area contributed by atoms with Crippen LogP contribution in [-0.4, -0.2) is 29.8 Å². The molecule has 0 fully saturated rings. The molecule has 0 saturated heterocycles. The van der Waals surface area contributed by atoms with E-state index in [1.165, 1.54) is 16.7 Å². The number of carboxylic acid groups (broad SMARTS) is 1. The molecule has 0 bridgehead atoms. The summed E-state index contributed by atoms with van der Waals surface area (Å²) >= 11 is 4.69. The maximum atomic E-state index is 11.0. The number of nitrogens with zero attached hydrogens (tertiary/aromatic N) is 1. The third-order valence-corrected chi connectivity index (χ3v) is 4.27. The van der Waals surface area contributed by atoms with Gasteiger partial charge in [-0.15, -0.1) is 11.3 Å². The monoisotopic (exact) mass is 385 g/mol. The number of unbranched alkanes of at least 4 members (excludes halogenated alkanes) is 1. The van der Waals surface area contributed by atoms with Gasteiger partial charge in [0, 0.05) is 9.85 Å². The van der Waals surface area contributed by atoms with Crippen molar-refractivity contribution in [1.29, 1.82) is 0 Å².